The third-order valence-electron chi connectivity index (χ3n) is 5.35. The molecule has 0 aliphatic heterocycles. The Morgan fingerprint density at radius 3 is 1.67 bits per heavy atom. The van der Waals surface area contributed by atoms with Gasteiger partial charge in [0.2, 0.25) is 0 Å². The molecule has 1 nitrogen and oxygen atoms in total. The fourth-order valence-corrected chi connectivity index (χ4v) is 3.86. The molecule has 1 heteroatoms. The van der Waals surface area contributed by atoms with Crippen LogP contribution < -0.4 is 4.90 Å². The van der Waals surface area contributed by atoms with Crippen molar-refractivity contribution >= 4 is 27.6 Å². The van der Waals surface area contributed by atoms with Gasteiger partial charge in [-0.2, -0.15) is 0 Å². The lowest BCUT2D eigenvalue weighted by atomic mass is 9.95. The van der Waals surface area contributed by atoms with Crippen LogP contribution in [0.25, 0.3) is 21.9 Å². The van der Waals surface area contributed by atoms with Gasteiger partial charge in [0.1, 0.15) is 0 Å². The zero-order chi connectivity index (χ0) is 18.4. The van der Waals surface area contributed by atoms with E-state index in [0.29, 0.717) is 0 Å². The molecule has 4 aromatic carbocycles. The van der Waals surface area contributed by atoms with E-state index in [1.807, 2.05) is 0 Å². The first-order valence-corrected chi connectivity index (χ1v) is 9.33. The molecule has 1 aliphatic carbocycles. The predicted octanol–water partition coefficient (Wildman–Crippen LogP) is 6.23. The van der Waals surface area contributed by atoms with Gasteiger partial charge in [0, 0.05) is 19.8 Å². The van der Waals surface area contributed by atoms with Crippen molar-refractivity contribution in [3.05, 3.63) is 113 Å². The lowest BCUT2D eigenvalue weighted by molar-refractivity contribution is 1.13. The molecule has 0 N–H and O–H groups in total. The van der Waals surface area contributed by atoms with Crippen molar-refractivity contribution < 1.29 is 0 Å². The summed E-state index contributed by atoms with van der Waals surface area (Å²) in [5.41, 5.74) is 9.22. The first-order chi connectivity index (χ1) is 13.2. The molecule has 0 bridgehead atoms. The van der Waals surface area contributed by atoms with E-state index in [1.54, 1.807) is 0 Å². The van der Waals surface area contributed by atoms with E-state index in [1.165, 1.54) is 49.9 Å². The van der Waals surface area contributed by atoms with Gasteiger partial charge in [0.15, 0.2) is 0 Å². The normalized spacial score (nSPS) is 12.0. The number of nitrogens with zero attached hydrogens (tertiary/aromatic N) is 1. The average molecular weight is 347 g/mol. The molecule has 0 aromatic heterocycles. The number of rotatable bonds is 3. The minimum absolute atomic E-state index is 1.22. The van der Waals surface area contributed by atoms with Gasteiger partial charge >= 0.3 is 0 Å². The fourth-order valence-electron chi connectivity index (χ4n) is 3.86. The van der Waals surface area contributed by atoms with E-state index in [2.05, 4.69) is 110 Å². The molecule has 0 spiro atoms. The second-order valence-corrected chi connectivity index (χ2v) is 7.30. The molecular weight excluding hydrogens is 326 g/mol. The smallest absolute Gasteiger partial charge is 0.0361 e. The van der Waals surface area contributed by atoms with Crippen molar-refractivity contribution in [3.63, 3.8) is 0 Å². The summed E-state index contributed by atoms with van der Waals surface area (Å²) in [5.74, 6) is 0. The number of hydrogen-bond donors (Lipinski definition) is 0. The van der Waals surface area contributed by atoms with E-state index in [-0.39, 0.29) is 0 Å². The SMILES string of the molecule is CN(C)c1ccc(C(=C2c3cc4ccccc4cc32)c2ccccc2)cc1. The minimum atomic E-state index is 1.22. The Morgan fingerprint density at radius 1 is 0.593 bits per heavy atom. The van der Waals surface area contributed by atoms with Gasteiger partial charge < -0.3 is 4.90 Å². The van der Waals surface area contributed by atoms with Gasteiger partial charge in [-0.3, -0.25) is 0 Å². The molecule has 4 aromatic rings. The summed E-state index contributed by atoms with van der Waals surface area (Å²) in [6, 6.07) is 32.9. The van der Waals surface area contributed by atoms with Gasteiger partial charge in [-0.1, -0.05) is 66.7 Å². The number of benzene rings is 4. The zero-order valence-corrected chi connectivity index (χ0v) is 15.6. The van der Waals surface area contributed by atoms with Crippen LogP contribution in [-0.2, 0) is 0 Å². The third-order valence-corrected chi connectivity index (χ3v) is 5.35. The summed E-state index contributed by atoms with van der Waals surface area (Å²) < 4.78 is 0. The maximum absolute atomic E-state index is 2.33. The first-order valence-electron chi connectivity index (χ1n) is 9.33. The Hall–Kier alpha value is -3.32. The predicted molar refractivity (Wildman–Crippen MR) is 116 cm³/mol. The van der Waals surface area contributed by atoms with E-state index in [4.69, 9.17) is 0 Å². The van der Waals surface area contributed by atoms with Crippen molar-refractivity contribution in [2.24, 2.45) is 0 Å². The molecule has 130 valence electrons. The minimum Gasteiger partial charge on any atom is -0.378 e. The van der Waals surface area contributed by atoms with E-state index in [0.717, 1.165) is 0 Å². The summed E-state index contributed by atoms with van der Waals surface area (Å²) in [4.78, 5) is 2.14. The largest absolute Gasteiger partial charge is 0.378 e. The molecule has 0 unspecified atom stereocenters. The van der Waals surface area contributed by atoms with Crippen LogP contribution in [0.3, 0.4) is 0 Å². The highest BCUT2D eigenvalue weighted by Crippen LogP contribution is 2.50. The second kappa shape index (κ2) is 6.14. The maximum Gasteiger partial charge on any atom is 0.0361 e. The van der Waals surface area contributed by atoms with Gasteiger partial charge in [-0.25, -0.2) is 0 Å². The highest BCUT2D eigenvalue weighted by Gasteiger charge is 2.30. The summed E-state index contributed by atoms with van der Waals surface area (Å²) in [6.45, 7) is 0. The fraction of sp³-hybridized carbons (Fsp3) is 0.0769. The van der Waals surface area contributed by atoms with Crippen LogP contribution in [0.15, 0.2) is 91.0 Å². The third kappa shape index (κ3) is 2.72. The molecule has 1 aliphatic rings. The van der Waals surface area contributed by atoms with Crippen molar-refractivity contribution in [2.45, 2.75) is 0 Å². The lowest BCUT2D eigenvalue weighted by Gasteiger charge is -2.14. The Bertz CT molecular complexity index is 1120. The lowest BCUT2D eigenvalue weighted by Crippen LogP contribution is -2.08. The molecular formula is C26H21N. The second-order valence-electron chi connectivity index (χ2n) is 7.30. The highest BCUT2D eigenvalue weighted by molar-refractivity contribution is 6.18. The average Bonchev–Trinajstić information content (AvgIpc) is 3.40. The molecule has 0 saturated heterocycles. The maximum atomic E-state index is 2.33. The first kappa shape index (κ1) is 15.9. The Labute approximate surface area is 160 Å². The summed E-state index contributed by atoms with van der Waals surface area (Å²) in [5, 5.41) is 2.61. The Kier molecular flexibility index (Phi) is 3.61. The molecule has 0 heterocycles. The van der Waals surface area contributed by atoms with Crippen LogP contribution in [0.4, 0.5) is 5.69 Å². The Balaban J connectivity index is 1.71. The zero-order valence-electron chi connectivity index (χ0n) is 15.6. The monoisotopic (exact) mass is 347 g/mol. The van der Waals surface area contributed by atoms with Gasteiger partial charge in [-0.05, 0) is 68.4 Å². The topological polar surface area (TPSA) is 3.24 Å². The van der Waals surface area contributed by atoms with Gasteiger partial charge in [0.05, 0.1) is 0 Å². The van der Waals surface area contributed by atoms with E-state index in [9.17, 15) is 0 Å². The molecule has 0 radical (unpaired) electrons. The van der Waals surface area contributed by atoms with Crippen molar-refractivity contribution in [1.29, 1.82) is 0 Å². The Morgan fingerprint density at radius 2 is 1.11 bits per heavy atom. The number of fused-ring (bicyclic) bond motifs is 2. The van der Waals surface area contributed by atoms with E-state index >= 15 is 0 Å². The van der Waals surface area contributed by atoms with Crippen LogP contribution in [0.1, 0.15) is 22.3 Å². The molecule has 27 heavy (non-hydrogen) atoms. The quantitative estimate of drug-likeness (QED) is 0.374. The van der Waals surface area contributed by atoms with Crippen molar-refractivity contribution in [1.82, 2.24) is 0 Å². The van der Waals surface area contributed by atoms with Gasteiger partial charge in [0.25, 0.3) is 0 Å². The van der Waals surface area contributed by atoms with E-state index < -0.39 is 0 Å². The molecule has 0 fully saturated rings. The molecule has 0 saturated carbocycles. The standard InChI is InChI=1S/C26H21N/c1-27(2)22-14-12-19(13-15-22)25(18-8-4-3-5-9-18)26-23-16-20-10-6-7-11-21(20)17-24(23)26/h3-17H,1-2H3. The summed E-state index contributed by atoms with van der Waals surface area (Å²) in [6.07, 6.45) is 0. The highest BCUT2D eigenvalue weighted by atomic mass is 15.1. The van der Waals surface area contributed by atoms with Crippen LogP contribution in [-0.4, -0.2) is 14.1 Å². The molecule has 5 rings (SSSR count). The number of hydrogen-bond acceptors (Lipinski definition) is 1. The van der Waals surface area contributed by atoms with Crippen LogP contribution in [0.2, 0.25) is 0 Å². The van der Waals surface area contributed by atoms with Crippen LogP contribution >= 0.6 is 0 Å². The summed E-state index contributed by atoms with van der Waals surface area (Å²) in [7, 11) is 4.15. The van der Waals surface area contributed by atoms with Crippen LogP contribution in [0.5, 0.6) is 0 Å². The van der Waals surface area contributed by atoms with Crippen molar-refractivity contribution in [2.75, 3.05) is 19.0 Å². The van der Waals surface area contributed by atoms with Gasteiger partial charge in [-0.15, -0.1) is 0 Å². The van der Waals surface area contributed by atoms with Crippen LogP contribution in [0, 0.1) is 0 Å². The van der Waals surface area contributed by atoms with Crippen molar-refractivity contribution in [3.8, 4) is 0 Å². The molecule has 0 atom stereocenters. The molecule has 0 amide bonds. The summed E-state index contributed by atoms with van der Waals surface area (Å²) >= 11 is 0. The number of anilines is 1.